The highest BCUT2D eigenvalue weighted by Crippen LogP contribution is 2.30. The van der Waals surface area contributed by atoms with Crippen LogP contribution in [0.3, 0.4) is 0 Å². The number of nitrogens with one attached hydrogen (secondary N) is 1. The molecule has 0 aromatic carbocycles. The van der Waals surface area contributed by atoms with Crippen LogP contribution in [0.4, 0.5) is 0 Å². The Morgan fingerprint density at radius 3 is 2.57 bits per heavy atom. The molecular weight excluding hydrogens is 192 g/mol. The molecule has 0 aromatic heterocycles. The second kappa shape index (κ2) is 4.56. The van der Waals surface area contributed by atoms with E-state index in [0.29, 0.717) is 10.7 Å². The van der Waals surface area contributed by atoms with E-state index in [1.807, 2.05) is 11.8 Å². The van der Waals surface area contributed by atoms with E-state index in [2.05, 4.69) is 32.6 Å². The number of nitrogens with zero attached hydrogens (tertiary/aromatic N) is 1. The third-order valence-electron chi connectivity index (χ3n) is 2.73. The normalized spacial score (nSPS) is 22.2. The van der Waals surface area contributed by atoms with Crippen LogP contribution in [0.1, 0.15) is 34.1 Å². The first-order valence-electron chi connectivity index (χ1n) is 5.40. The molecule has 0 bridgehead atoms. The summed E-state index contributed by atoms with van der Waals surface area (Å²) >= 11 is 2.04. The molecule has 1 fully saturated rings. The van der Waals surface area contributed by atoms with E-state index in [4.69, 9.17) is 5.41 Å². The summed E-state index contributed by atoms with van der Waals surface area (Å²) in [7, 11) is 0. The number of hydrogen-bond donors (Lipinski definition) is 1. The minimum absolute atomic E-state index is 0.362. The van der Waals surface area contributed by atoms with Gasteiger partial charge in [0, 0.05) is 29.5 Å². The Bertz CT molecular complexity index is 211. The maximum Gasteiger partial charge on any atom is 0.0984 e. The number of thioether (sulfide) groups is 1. The van der Waals surface area contributed by atoms with Crippen LogP contribution in [0.25, 0.3) is 0 Å². The van der Waals surface area contributed by atoms with Crippen LogP contribution in [-0.2, 0) is 0 Å². The molecule has 1 heterocycles. The lowest BCUT2D eigenvalue weighted by atomic mass is 10.1. The van der Waals surface area contributed by atoms with Crippen LogP contribution >= 0.6 is 11.8 Å². The van der Waals surface area contributed by atoms with Gasteiger partial charge in [-0.1, -0.05) is 27.7 Å². The quantitative estimate of drug-likeness (QED) is 0.537. The molecule has 1 aliphatic heterocycles. The Morgan fingerprint density at radius 2 is 2.00 bits per heavy atom. The molecule has 0 unspecified atom stereocenters. The van der Waals surface area contributed by atoms with Crippen LogP contribution < -0.4 is 0 Å². The van der Waals surface area contributed by atoms with E-state index in [9.17, 15) is 0 Å². The smallest absolute Gasteiger partial charge is 0.0984 e. The van der Waals surface area contributed by atoms with Gasteiger partial charge in [0.1, 0.15) is 0 Å². The van der Waals surface area contributed by atoms with Crippen molar-refractivity contribution in [3.05, 3.63) is 0 Å². The molecule has 14 heavy (non-hydrogen) atoms. The zero-order valence-electron chi connectivity index (χ0n) is 9.76. The SMILES string of the molecule is CC(C)C(=N)N1CCSC(C)(C)CC1. The van der Waals surface area contributed by atoms with Crippen molar-refractivity contribution < 1.29 is 0 Å². The van der Waals surface area contributed by atoms with E-state index >= 15 is 0 Å². The summed E-state index contributed by atoms with van der Waals surface area (Å²) in [5, 5.41) is 7.98. The maximum absolute atomic E-state index is 7.98. The molecule has 0 aliphatic carbocycles. The first-order chi connectivity index (χ1) is 6.42. The molecule has 0 spiro atoms. The van der Waals surface area contributed by atoms with Gasteiger partial charge in [-0.05, 0) is 6.42 Å². The molecule has 1 rings (SSSR count). The molecule has 0 amide bonds. The summed E-state index contributed by atoms with van der Waals surface area (Å²) in [4.78, 5) is 2.24. The van der Waals surface area contributed by atoms with E-state index in [-0.39, 0.29) is 0 Å². The van der Waals surface area contributed by atoms with Gasteiger partial charge in [-0.15, -0.1) is 0 Å². The van der Waals surface area contributed by atoms with Gasteiger partial charge in [-0.2, -0.15) is 11.8 Å². The van der Waals surface area contributed by atoms with Crippen LogP contribution in [0.2, 0.25) is 0 Å². The molecule has 0 saturated carbocycles. The highest BCUT2D eigenvalue weighted by molar-refractivity contribution is 8.00. The Morgan fingerprint density at radius 1 is 1.36 bits per heavy atom. The fourth-order valence-corrected chi connectivity index (χ4v) is 2.73. The summed E-state index contributed by atoms with van der Waals surface area (Å²) in [6.07, 6.45) is 1.19. The average Bonchev–Trinajstić information content (AvgIpc) is 2.25. The fourth-order valence-electron chi connectivity index (χ4n) is 1.63. The highest BCUT2D eigenvalue weighted by atomic mass is 32.2. The molecule has 2 nitrogen and oxygen atoms in total. The van der Waals surface area contributed by atoms with E-state index < -0.39 is 0 Å². The molecule has 3 heteroatoms. The second-order valence-corrected chi connectivity index (χ2v) is 6.69. The van der Waals surface area contributed by atoms with Crippen molar-refractivity contribution in [2.75, 3.05) is 18.8 Å². The van der Waals surface area contributed by atoms with Gasteiger partial charge in [0.05, 0.1) is 5.84 Å². The molecule has 1 aliphatic rings. The monoisotopic (exact) mass is 214 g/mol. The predicted octanol–water partition coefficient (Wildman–Crippen LogP) is 2.84. The summed E-state index contributed by atoms with van der Waals surface area (Å²) in [5.41, 5.74) is 0. The van der Waals surface area contributed by atoms with Crippen LogP contribution in [0.5, 0.6) is 0 Å². The van der Waals surface area contributed by atoms with E-state index in [1.165, 1.54) is 6.42 Å². The van der Waals surface area contributed by atoms with Gasteiger partial charge in [0.2, 0.25) is 0 Å². The summed E-state index contributed by atoms with van der Waals surface area (Å²) in [6.45, 7) is 10.9. The van der Waals surface area contributed by atoms with Crippen molar-refractivity contribution in [1.29, 1.82) is 5.41 Å². The number of hydrogen-bond acceptors (Lipinski definition) is 2. The van der Waals surface area contributed by atoms with Crippen molar-refractivity contribution in [1.82, 2.24) is 4.90 Å². The van der Waals surface area contributed by atoms with Crippen molar-refractivity contribution in [2.45, 2.75) is 38.9 Å². The minimum atomic E-state index is 0.362. The Balaban J connectivity index is 2.54. The summed E-state index contributed by atoms with van der Waals surface area (Å²) in [5.74, 6) is 2.33. The Hall–Kier alpha value is -0.180. The Kier molecular flexibility index (Phi) is 3.87. The van der Waals surface area contributed by atoms with Crippen LogP contribution in [0, 0.1) is 11.3 Å². The van der Waals surface area contributed by atoms with Crippen LogP contribution in [0.15, 0.2) is 0 Å². The zero-order chi connectivity index (χ0) is 10.8. The highest BCUT2D eigenvalue weighted by Gasteiger charge is 2.25. The molecule has 0 radical (unpaired) electrons. The Labute approximate surface area is 92.0 Å². The molecule has 0 aromatic rings. The van der Waals surface area contributed by atoms with Crippen molar-refractivity contribution in [3.63, 3.8) is 0 Å². The molecule has 82 valence electrons. The number of amidine groups is 1. The molecule has 0 atom stereocenters. The molecule has 1 N–H and O–H groups in total. The van der Waals surface area contributed by atoms with Gasteiger partial charge in [-0.25, -0.2) is 0 Å². The van der Waals surface area contributed by atoms with Gasteiger partial charge in [0.25, 0.3) is 0 Å². The lowest BCUT2D eigenvalue weighted by Gasteiger charge is -2.26. The van der Waals surface area contributed by atoms with Crippen molar-refractivity contribution in [2.24, 2.45) is 5.92 Å². The lowest BCUT2D eigenvalue weighted by Crippen LogP contribution is -2.35. The predicted molar refractivity (Wildman–Crippen MR) is 65.3 cm³/mol. The van der Waals surface area contributed by atoms with Crippen molar-refractivity contribution in [3.8, 4) is 0 Å². The van der Waals surface area contributed by atoms with E-state index in [0.717, 1.165) is 24.7 Å². The minimum Gasteiger partial charge on any atom is -0.359 e. The topological polar surface area (TPSA) is 27.1 Å². The van der Waals surface area contributed by atoms with Gasteiger partial charge in [0.15, 0.2) is 0 Å². The largest absolute Gasteiger partial charge is 0.359 e. The van der Waals surface area contributed by atoms with Crippen molar-refractivity contribution >= 4 is 17.6 Å². The number of rotatable bonds is 1. The average molecular weight is 214 g/mol. The summed E-state index contributed by atoms with van der Waals surface area (Å²) < 4.78 is 0.395. The van der Waals surface area contributed by atoms with Gasteiger partial charge >= 0.3 is 0 Å². The third-order valence-corrected chi connectivity index (χ3v) is 4.10. The maximum atomic E-state index is 7.98. The standard InChI is InChI=1S/C11H22N2S/c1-9(2)10(12)13-6-5-11(3,4)14-8-7-13/h9,12H,5-8H2,1-4H3. The zero-order valence-corrected chi connectivity index (χ0v) is 10.6. The third kappa shape index (κ3) is 3.19. The first kappa shape index (κ1) is 11.9. The molecule has 1 saturated heterocycles. The molecular formula is C11H22N2S. The van der Waals surface area contributed by atoms with Crippen LogP contribution in [-0.4, -0.2) is 34.3 Å². The van der Waals surface area contributed by atoms with E-state index in [1.54, 1.807) is 0 Å². The van der Waals surface area contributed by atoms with Gasteiger partial charge in [-0.3, -0.25) is 5.41 Å². The lowest BCUT2D eigenvalue weighted by molar-refractivity contribution is 0.402. The van der Waals surface area contributed by atoms with Gasteiger partial charge < -0.3 is 4.90 Å². The first-order valence-corrected chi connectivity index (χ1v) is 6.38. The second-order valence-electron chi connectivity index (χ2n) is 4.89. The fraction of sp³-hybridized carbons (Fsp3) is 0.909. The summed E-state index contributed by atoms with van der Waals surface area (Å²) in [6, 6.07) is 0.